The van der Waals surface area contributed by atoms with Gasteiger partial charge in [-0.2, -0.15) is 0 Å². The smallest absolute Gasteiger partial charge is 0.274 e. The highest BCUT2D eigenvalue weighted by Gasteiger charge is 2.24. The molecule has 2 aromatic rings. The van der Waals surface area contributed by atoms with E-state index in [1.165, 1.54) is 0 Å². The van der Waals surface area contributed by atoms with Gasteiger partial charge in [-0.15, -0.1) is 0 Å². The first-order valence-corrected chi connectivity index (χ1v) is 6.82. The molecule has 0 aliphatic carbocycles. The molecular weight excluding hydrogens is 254 g/mol. The summed E-state index contributed by atoms with van der Waals surface area (Å²) in [5.41, 5.74) is 1.98. The van der Waals surface area contributed by atoms with Gasteiger partial charge < -0.3 is 9.64 Å². The van der Waals surface area contributed by atoms with Gasteiger partial charge in [-0.05, 0) is 25.0 Å². The zero-order chi connectivity index (χ0) is 13.9. The minimum Gasteiger partial charge on any atom is -0.381 e. The standard InChI is InChI=1S/C15H17N3O2/c1-20-11-6-8-18(9-7-11)15(19)14-10-16-12-4-2-3-5-13(12)17-14/h2-5,10-11H,6-9H2,1H3. The molecule has 1 aliphatic heterocycles. The normalized spacial score (nSPS) is 16.6. The van der Waals surface area contributed by atoms with Crippen LogP contribution >= 0.6 is 0 Å². The van der Waals surface area contributed by atoms with E-state index in [-0.39, 0.29) is 12.0 Å². The van der Waals surface area contributed by atoms with E-state index in [0.717, 1.165) is 23.9 Å². The van der Waals surface area contributed by atoms with Gasteiger partial charge in [-0.25, -0.2) is 4.98 Å². The third-order valence-electron chi connectivity index (χ3n) is 3.73. The van der Waals surface area contributed by atoms with Gasteiger partial charge in [-0.1, -0.05) is 12.1 Å². The Morgan fingerprint density at radius 2 is 1.95 bits per heavy atom. The third-order valence-corrected chi connectivity index (χ3v) is 3.73. The Hall–Kier alpha value is -2.01. The van der Waals surface area contributed by atoms with Gasteiger partial charge in [0.1, 0.15) is 5.69 Å². The third kappa shape index (κ3) is 2.49. The van der Waals surface area contributed by atoms with Crippen LogP contribution in [0, 0.1) is 0 Å². The van der Waals surface area contributed by atoms with Crippen LogP contribution in [0.5, 0.6) is 0 Å². The number of aromatic nitrogens is 2. The van der Waals surface area contributed by atoms with Crippen LogP contribution in [0.15, 0.2) is 30.5 Å². The maximum Gasteiger partial charge on any atom is 0.274 e. The Balaban J connectivity index is 1.79. The maximum absolute atomic E-state index is 12.4. The monoisotopic (exact) mass is 271 g/mol. The lowest BCUT2D eigenvalue weighted by molar-refractivity contribution is 0.0347. The molecule has 1 fully saturated rings. The molecule has 0 spiro atoms. The lowest BCUT2D eigenvalue weighted by atomic mass is 10.1. The van der Waals surface area contributed by atoms with Gasteiger partial charge in [0, 0.05) is 20.2 Å². The van der Waals surface area contributed by atoms with E-state index < -0.39 is 0 Å². The molecule has 1 aromatic heterocycles. The van der Waals surface area contributed by atoms with Gasteiger partial charge in [0.05, 0.1) is 23.3 Å². The molecule has 0 atom stereocenters. The van der Waals surface area contributed by atoms with Crippen LogP contribution < -0.4 is 0 Å². The molecule has 1 amide bonds. The Morgan fingerprint density at radius 1 is 1.25 bits per heavy atom. The number of ether oxygens (including phenoxy) is 1. The van der Waals surface area contributed by atoms with Crippen LogP contribution in [0.4, 0.5) is 0 Å². The maximum atomic E-state index is 12.4. The molecule has 104 valence electrons. The summed E-state index contributed by atoms with van der Waals surface area (Å²) in [5, 5.41) is 0. The van der Waals surface area contributed by atoms with E-state index in [1.807, 2.05) is 29.2 Å². The number of methoxy groups -OCH3 is 1. The first kappa shape index (κ1) is 13.0. The topological polar surface area (TPSA) is 55.3 Å². The molecule has 0 unspecified atom stereocenters. The highest BCUT2D eigenvalue weighted by molar-refractivity contribution is 5.93. The Bertz CT molecular complexity index is 621. The van der Waals surface area contributed by atoms with Crippen molar-refractivity contribution in [3.05, 3.63) is 36.2 Å². The average Bonchev–Trinajstić information content (AvgIpc) is 2.54. The fraction of sp³-hybridized carbons (Fsp3) is 0.400. The number of carbonyl (C=O) groups excluding carboxylic acids is 1. The molecule has 1 saturated heterocycles. The molecule has 0 radical (unpaired) electrons. The number of para-hydroxylation sites is 2. The number of piperidine rings is 1. The van der Waals surface area contributed by atoms with Crippen LogP contribution in [0.1, 0.15) is 23.3 Å². The summed E-state index contributed by atoms with van der Waals surface area (Å²) in [7, 11) is 1.72. The van der Waals surface area contributed by atoms with Gasteiger partial charge in [0.15, 0.2) is 0 Å². The van der Waals surface area contributed by atoms with E-state index in [4.69, 9.17) is 4.74 Å². The number of carbonyl (C=O) groups is 1. The molecular formula is C15H17N3O2. The van der Waals surface area contributed by atoms with Gasteiger partial charge in [0.2, 0.25) is 0 Å². The molecule has 0 N–H and O–H groups in total. The zero-order valence-electron chi connectivity index (χ0n) is 11.5. The Kier molecular flexibility index (Phi) is 3.60. The second kappa shape index (κ2) is 5.54. The summed E-state index contributed by atoms with van der Waals surface area (Å²) >= 11 is 0. The molecule has 20 heavy (non-hydrogen) atoms. The van der Waals surface area contributed by atoms with Crippen LogP contribution in [0.3, 0.4) is 0 Å². The Morgan fingerprint density at radius 3 is 2.65 bits per heavy atom. The number of benzene rings is 1. The van der Waals surface area contributed by atoms with Crippen molar-refractivity contribution in [1.29, 1.82) is 0 Å². The molecule has 1 aromatic carbocycles. The summed E-state index contributed by atoms with van der Waals surface area (Å²) in [6, 6.07) is 7.57. The average molecular weight is 271 g/mol. The van der Waals surface area contributed by atoms with Crippen molar-refractivity contribution >= 4 is 16.9 Å². The first-order chi connectivity index (χ1) is 9.78. The highest BCUT2D eigenvalue weighted by Crippen LogP contribution is 2.16. The number of rotatable bonds is 2. The van der Waals surface area contributed by atoms with Crippen molar-refractivity contribution < 1.29 is 9.53 Å². The summed E-state index contributed by atoms with van der Waals surface area (Å²) < 4.78 is 5.32. The van der Waals surface area contributed by atoms with Crippen molar-refractivity contribution in [2.45, 2.75) is 18.9 Å². The summed E-state index contributed by atoms with van der Waals surface area (Å²) in [4.78, 5) is 22.9. The highest BCUT2D eigenvalue weighted by atomic mass is 16.5. The first-order valence-electron chi connectivity index (χ1n) is 6.82. The van der Waals surface area contributed by atoms with E-state index in [2.05, 4.69) is 9.97 Å². The lowest BCUT2D eigenvalue weighted by Crippen LogP contribution is -2.41. The second-order valence-electron chi connectivity index (χ2n) is 4.97. The summed E-state index contributed by atoms with van der Waals surface area (Å²) in [6.45, 7) is 1.43. The van der Waals surface area contributed by atoms with E-state index >= 15 is 0 Å². The fourth-order valence-corrected chi connectivity index (χ4v) is 2.52. The Labute approximate surface area is 117 Å². The molecule has 1 aliphatic rings. The van der Waals surface area contributed by atoms with E-state index in [9.17, 15) is 4.79 Å². The number of likely N-dealkylation sites (tertiary alicyclic amines) is 1. The van der Waals surface area contributed by atoms with Crippen LogP contribution in [0.25, 0.3) is 11.0 Å². The quantitative estimate of drug-likeness (QED) is 0.837. The lowest BCUT2D eigenvalue weighted by Gasteiger charge is -2.30. The van der Waals surface area contributed by atoms with Crippen LogP contribution in [-0.4, -0.2) is 47.1 Å². The molecule has 2 heterocycles. The molecule has 0 saturated carbocycles. The van der Waals surface area contributed by atoms with Crippen molar-refractivity contribution in [2.75, 3.05) is 20.2 Å². The van der Waals surface area contributed by atoms with Crippen molar-refractivity contribution in [1.82, 2.24) is 14.9 Å². The predicted octanol–water partition coefficient (Wildman–Crippen LogP) is 1.88. The largest absolute Gasteiger partial charge is 0.381 e. The number of nitrogens with zero attached hydrogens (tertiary/aromatic N) is 3. The number of hydrogen-bond acceptors (Lipinski definition) is 4. The summed E-state index contributed by atoms with van der Waals surface area (Å²) in [5.74, 6) is -0.0437. The predicted molar refractivity (Wildman–Crippen MR) is 75.5 cm³/mol. The number of amides is 1. The molecule has 3 rings (SSSR count). The van der Waals surface area contributed by atoms with Crippen LogP contribution in [-0.2, 0) is 4.74 Å². The van der Waals surface area contributed by atoms with Crippen molar-refractivity contribution in [2.24, 2.45) is 0 Å². The number of fused-ring (bicyclic) bond motifs is 1. The SMILES string of the molecule is COC1CCN(C(=O)c2cnc3ccccc3n2)CC1. The van der Waals surface area contributed by atoms with Crippen molar-refractivity contribution in [3.8, 4) is 0 Å². The van der Waals surface area contributed by atoms with E-state index in [1.54, 1.807) is 13.3 Å². The number of hydrogen-bond donors (Lipinski definition) is 0. The van der Waals surface area contributed by atoms with Gasteiger partial charge in [-0.3, -0.25) is 9.78 Å². The molecule has 5 heteroatoms. The molecule has 5 nitrogen and oxygen atoms in total. The second-order valence-corrected chi connectivity index (χ2v) is 4.97. The minimum atomic E-state index is -0.0437. The minimum absolute atomic E-state index is 0.0437. The van der Waals surface area contributed by atoms with Crippen molar-refractivity contribution in [3.63, 3.8) is 0 Å². The zero-order valence-corrected chi connectivity index (χ0v) is 11.5. The van der Waals surface area contributed by atoms with Gasteiger partial charge >= 0.3 is 0 Å². The fourth-order valence-electron chi connectivity index (χ4n) is 2.52. The summed E-state index contributed by atoms with van der Waals surface area (Å²) in [6.07, 6.45) is 3.58. The van der Waals surface area contributed by atoms with Gasteiger partial charge in [0.25, 0.3) is 5.91 Å². The van der Waals surface area contributed by atoms with Crippen LogP contribution in [0.2, 0.25) is 0 Å². The van der Waals surface area contributed by atoms with E-state index in [0.29, 0.717) is 18.8 Å². The molecule has 0 bridgehead atoms.